The average molecular weight is 311 g/mol. The summed E-state index contributed by atoms with van der Waals surface area (Å²) in [5, 5.41) is 4.75. The minimum absolute atomic E-state index is 0.334. The zero-order valence-electron chi connectivity index (χ0n) is 12.1. The number of aryl methyl sites for hydroxylation is 2. The first kappa shape index (κ1) is 14.4. The molecule has 0 aliphatic carbocycles. The fourth-order valence-electron chi connectivity index (χ4n) is 2.16. The first-order valence-corrected chi connectivity index (χ1v) is 7.57. The quantitative estimate of drug-likeness (QED) is 0.590. The Kier molecular flexibility index (Phi) is 3.69. The van der Waals surface area contributed by atoms with Crippen LogP contribution in [0.4, 0.5) is 0 Å². The Hall–Kier alpha value is -2.59. The molecule has 7 heteroatoms. The molecule has 0 bridgehead atoms. The molecule has 3 aromatic rings. The number of fused-ring (bicyclic) bond motifs is 1. The van der Waals surface area contributed by atoms with Crippen molar-refractivity contribution in [2.75, 3.05) is 5.75 Å². The first-order chi connectivity index (χ1) is 10.6. The van der Waals surface area contributed by atoms with Gasteiger partial charge in [0.1, 0.15) is 0 Å². The number of rotatable bonds is 3. The van der Waals surface area contributed by atoms with Crippen LogP contribution in [0.2, 0.25) is 0 Å². The van der Waals surface area contributed by atoms with Gasteiger partial charge in [-0.05, 0) is 19.9 Å². The highest BCUT2D eigenvalue weighted by Gasteiger charge is 2.16. The predicted molar refractivity (Wildman–Crippen MR) is 85.9 cm³/mol. The number of terminal acetylenes is 1. The van der Waals surface area contributed by atoms with Crippen LogP contribution in [0.5, 0.6) is 0 Å². The molecular formula is C15H13N5OS. The van der Waals surface area contributed by atoms with Gasteiger partial charge < -0.3 is 0 Å². The summed E-state index contributed by atoms with van der Waals surface area (Å²) < 4.78 is 1.27. The summed E-state index contributed by atoms with van der Waals surface area (Å²) >= 11 is 1.31. The third kappa shape index (κ3) is 2.49. The maximum atomic E-state index is 12.1. The molecule has 22 heavy (non-hydrogen) atoms. The molecule has 0 saturated carbocycles. The van der Waals surface area contributed by atoms with Gasteiger partial charge in [0.05, 0.1) is 17.0 Å². The SMILES string of the molecule is C#CCSc1nc2c(-c3ccc(C)nc3)c(C)nn2c(=O)[nH]1. The van der Waals surface area contributed by atoms with E-state index in [4.69, 9.17) is 6.42 Å². The summed E-state index contributed by atoms with van der Waals surface area (Å²) in [7, 11) is 0. The average Bonchev–Trinajstić information content (AvgIpc) is 2.83. The molecule has 3 aromatic heterocycles. The highest BCUT2D eigenvalue weighted by molar-refractivity contribution is 7.99. The van der Waals surface area contributed by atoms with Gasteiger partial charge in [0.2, 0.25) is 0 Å². The molecule has 0 unspecified atom stereocenters. The van der Waals surface area contributed by atoms with Gasteiger partial charge in [-0.15, -0.1) is 6.42 Å². The maximum Gasteiger partial charge on any atom is 0.350 e. The molecule has 1 N–H and O–H groups in total. The van der Waals surface area contributed by atoms with Crippen molar-refractivity contribution < 1.29 is 0 Å². The van der Waals surface area contributed by atoms with E-state index in [1.165, 1.54) is 16.3 Å². The molecule has 3 rings (SSSR count). The predicted octanol–water partition coefficient (Wildman–Crippen LogP) is 1.82. The van der Waals surface area contributed by atoms with Crippen molar-refractivity contribution in [1.29, 1.82) is 0 Å². The lowest BCUT2D eigenvalue weighted by molar-refractivity contribution is 0.780. The number of thioether (sulfide) groups is 1. The van der Waals surface area contributed by atoms with Crippen LogP contribution < -0.4 is 5.69 Å². The zero-order chi connectivity index (χ0) is 15.7. The molecule has 0 aliphatic rings. The Morgan fingerprint density at radius 3 is 2.91 bits per heavy atom. The molecule has 0 aromatic carbocycles. The van der Waals surface area contributed by atoms with E-state index in [-0.39, 0.29) is 5.69 Å². The smallest absolute Gasteiger partial charge is 0.285 e. The van der Waals surface area contributed by atoms with Crippen LogP contribution in [0.3, 0.4) is 0 Å². The molecule has 0 radical (unpaired) electrons. The number of aromatic amines is 1. The molecule has 0 aliphatic heterocycles. The minimum Gasteiger partial charge on any atom is -0.285 e. The normalized spacial score (nSPS) is 10.8. The van der Waals surface area contributed by atoms with Crippen molar-refractivity contribution in [3.05, 3.63) is 40.2 Å². The van der Waals surface area contributed by atoms with Gasteiger partial charge in [0.15, 0.2) is 10.8 Å². The summed E-state index contributed by atoms with van der Waals surface area (Å²) in [6.45, 7) is 3.77. The van der Waals surface area contributed by atoms with E-state index in [0.717, 1.165) is 22.5 Å². The monoisotopic (exact) mass is 311 g/mol. The van der Waals surface area contributed by atoms with E-state index in [2.05, 4.69) is 26.0 Å². The molecule has 0 atom stereocenters. The molecule has 0 spiro atoms. The number of H-pyrrole nitrogens is 1. The van der Waals surface area contributed by atoms with Crippen LogP contribution >= 0.6 is 11.8 Å². The highest BCUT2D eigenvalue weighted by atomic mass is 32.2. The first-order valence-electron chi connectivity index (χ1n) is 6.59. The summed E-state index contributed by atoms with van der Waals surface area (Å²) in [6, 6.07) is 3.86. The fourth-order valence-corrected chi connectivity index (χ4v) is 2.69. The van der Waals surface area contributed by atoms with Crippen LogP contribution in [0.25, 0.3) is 16.8 Å². The zero-order valence-corrected chi connectivity index (χ0v) is 12.9. The number of hydrogen-bond acceptors (Lipinski definition) is 5. The van der Waals surface area contributed by atoms with Crippen LogP contribution in [0.15, 0.2) is 28.3 Å². The maximum absolute atomic E-state index is 12.1. The van der Waals surface area contributed by atoms with Crippen LogP contribution in [0.1, 0.15) is 11.4 Å². The van der Waals surface area contributed by atoms with Gasteiger partial charge in [-0.25, -0.2) is 9.78 Å². The minimum atomic E-state index is -0.334. The topological polar surface area (TPSA) is 75.9 Å². The number of nitrogens with zero attached hydrogens (tertiary/aromatic N) is 4. The Morgan fingerprint density at radius 2 is 2.23 bits per heavy atom. The Morgan fingerprint density at radius 1 is 1.41 bits per heavy atom. The van der Waals surface area contributed by atoms with Gasteiger partial charge in [-0.3, -0.25) is 9.97 Å². The number of pyridine rings is 1. The van der Waals surface area contributed by atoms with E-state index < -0.39 is 0 Å². The Labute approximate surface area is 131 Å². The highest BCUT2D eigenvalue weighted by Crippen LogP contribution is 2.26. The molecule has 0 saturated heterocycles. The summed E-state index contributed by atoms with van der Waals surface area (Å²) in [5.74, 6) is 2.95. The van der Waals surface area contributed by atoms with Crippen molar-refractivity contribution in [2.45, 2.75) is 19.0 Å². The number of aromatic nitrogens is 5. The third-order valence-electron chi connectivity index (χ3n) is 3.14. The largest absolute Gasteiger partial charge is 0.350 e. The molecule has 6 nitrogen and oxygen atoms in total. The standard InChI is InChI=1S/C15H13N5OS/c1-4-7-22-14-17-13-12(11-6-5-9(2)16-8-11)10(3)19-20(13)15(21)18-14/h1,5-6,8H,7H2,2-3H3,(H,17,18,21). The van der Waals surface area contributed by atoms with Crippen molar-refractivity contribution in [3.63, 3.8) is 0 Å². The summed E-state index contributed by atoms with van der Waals surface area (Å²) in [5.41, 5.74) is 3.51. The van der Waals surface area contributed by atoms with Gasteiger partial charge in [0, 0.05) is 17.5 Å². The number of nitrogens with one attached hydrogen (secondary N) is 1. The van der Waals surface area contributed by atoms with Crippen LogP contribution in [0, 0.1) is 26.2 Å². The van der Waals surface area contributed by atoms with Gasteiger partial charge >= 0.3 is 5.69 Å². The van der Waals surface area contributed by atoms with Crippen LogP contribution in [-0.2, 0) is 0 Å². The second-order valence-electron chi connectivity index (χ2n) is 4.72. The van der Waals surface area contributed by atoms with E-state index in [1.54, 1.807) is 6.20 Å². The third-order valence-corrected chi connectivity index (χ3v) is 3.92. The fraction of sp³-hybridized carbons (Fsp3) is 0.200. The van der Waals surface area contributed by atoms with Crippen molar-refractivity contribution in [2.24, 2.45) is 0 Å². The molecule has 110 valence electrons. The second kappa shape index (κ2) is 5.66. The van der Waals surface area contributed by atoms with E-state index in [1.807, 2.05) is 26.0 Å². The Balaban J connectivity index is 2.23. The summed E-state index contributed by atoms with van der Waals surface area (Å²) in [4.78, 5) is 23.6. The lowest BCUT2D eigenvalue weighted by Crippen LogP contribution is -2.19. The molecule has 3 heterocycles. The lowest BCUT2D eigenvalue weighted by Gasteiger charge is -2.02. The van der Waals surface area contributed by atoms with Crippen molar-refractivity contribution in [1.82, 2.24) is 24.6 Å². The van der Waals surface area contributed by atoms with E-state index in [9.17, 15) is 4.79 Å². The van der Waals surface area contributed by atoms with Gasteiger partial charge in [-0.1, -0.05) is 23.7 Å². The molecular weight excluding hydrogens is 298 g/mol. The van der Waals surface area contributed by atoms with Gasteiger partial charge in [0.25, 0.3) is 0 Å². The number of hydrogen-bond donors (Lipinski definition) is 1. The Bertz CT molecular complexity index is 933. The van der Waals surface area contributed by atoms with E-state index in [0.29, 0.717) is 16.6 Å². The molecule has 0 amide bonds. The van der Waals surface area contributed by atoms with Crippen molar-refractivity contribution >= 4 is 17.4 Å². The van der Waals surface area contributed by atoms with E-state index >= 15 is 0 Å². The summed E-state index contributed by atoms with van der Waals surface area (Å²) in [6.07, 6.45) is 7.01. The lowest BCUT2D eigenvalue weighted by atomic mass is 10.1. The van der Waals surface area contributed by atoms with Crippen molar-refractivity contribution in [3.8, 4) is 23.5 Å². The van der Waals surface area contributed by atoms with Gasteiger partial charge in [-0.2, -0.15) is 9.61 Å². The second-order valence-corrected chi connectivity index (χ2v) is 5.69. The molecule has 0 fully saturated rings. The van der Waals surface area contributed by atoms with Crippen LogP contribution in [-0.4, -0.2) is 30.3 Å².